The van der Waals surface area contributed by atoms with E-state index >= 15 is 0 Å². The third-order valence-corrected chi connectivity index (χ3v) is 3.05. The second kappa shape index (κ2) is 6.10. The topological polar surface area (TPSA) is 37.3 Å². The summed E-state index contributed by atoms with van der Waals surface area (Å²) < 4.78 is 0.987. The van der Waals surface area contributed by atoms with Crippen LogP contribution >= 0.6 is 22.6 Å². The van der Waals surface area contributed by atoms with Crippen molar-refractivity contribution in [3.8, 4) is 5.75 Å². The summed E-state index contributed by atoms with van der Waals surface area (Å²) in [6.45, 7) is 1.64. The van der Waals surface area contributed by atoms with E-state index in [9.17, 15) is 9.90 Å². The number of phenolic OH excluding ortho intramolecular Hbond substituents is 1. The number of halogens is 1. The summed E-state index contributed by atoms with van der Waals surface area (Å²) in [6.07, 6.45) is 1.64. The zero-order valence-corrected chi connectivity index (χ0v) is 10.9. The van der Waals surface area contributed by atoms with E-state index in [2.05, 4.69) is 22.6 Å². The van der Waals surface area contributed by atoms with Gasteiger partial charge in [-0.3, -0.25) is 4.79 Å². The first kappa shape index (κ1) is 12.5. The summed E-state index contributed by atoms with van der Waals surface area (Å²) in [4.78, 5) is 11.4. The first-order chi connectivity index (χ1) is 7.13. The van der Waals surface area contributed by atoms with E-state index in [-0.39, 0.29) is 17.5 Å². The number of benzene rings is 1. The third kappa shape index (κ3) is 4.20. The van der Waals surface area contributed by atoms with Crippen LogP contribution in [0.5, 0.6) is 5.75 Å². The Morgan fingerprint density at radius 2 is 2.27 bits per heavy atom. The number of hydrogen-bond donors (Lipinski definition) is 1. The molecule has 1 N–H and O–H groups in total. The van der Waals surface area contributed by atoms with Crippen LogP contribution in [0.1, 0.15) is 18.9 Å². The van der Waals surface area contributed by atoms with Crippen molar-refractivity contribution in [1.82, 2.24) is 0 Å². The smallest absolute Gasteiger partial charge is 0.133 e. The molecular weight excluding hydrogens is 303 g/mol. The molecule has 0 saturated heterocycles. The second-order valence-corrected chi connectivity index (χ2v) is 4.74. The highest BCUT2D eigenvalue weighted by Crippen LogP contribution is 2.18. The molecule has 0 aromatic heterocycles. The van der Waals surface area contributed by atoms with E-state index < -0.39 is 0 Å². The number of alkyl halides is 1. The summed E-state index contributed by atoms with van der Waals surface area (Å²) >= 11 is 2.28. The van der Waals surface area contributed by atoms with Gasteiger partial charge in [0, 0.05) is 10.3 Å². The van der Waals surface area contributed by atoms with E-state index in [1.807, 2.05) is 12.1 Å². The lowest BCUT2D eigenvalue weighted by atomic mass is 9.93. The highest BCUT2D eigenvalue weighted by Gasteiger charge is 2.14. The highest BCUT2D eigenvalue weighted by molar-refractivity contribution is 14.1. The van der Waals surface area contributed by atoms with Crippen molar-refractivity contribution in [3.63, 3.8) is 0 Å². The standard InChI is InChI=1S/C12H15IO2/c1-9(14)11(5-6-13)7-10-3-2-4-12(15)8-10/h2-4,8,11,15H,5-7H2,1H3. The number of hydrogen-bond acceptors (Lipinski definition) is 2. The Kier molecular flexibility index (Phi) is 5.08. The molecule has 0 fully saturated rings. The molecule has 1 aromatic carbocycles. The monoisotopic (exact) mass is 318 g/mol. The van der Waals surface area contributed by atoms with Crippen molar-refractivity contribution in [2.45, 2.75) is 19.8 Å². The van der Waals surface area contributed by atoms with E-state index in [1.165, 1.54) is 0 Å². The Balaban J connectivity index is 2.69. The molecule has 0 saturated carbocycles. The highest BCUT2D eigenvalue weighted by atomic mass is 127. The molecule has 1 rings (SSSR count). The predicted octanol–water partition coefficient (Wildman–Crippen LogP) is 2.97. The average molecular weight is 318 g/mol. The summed E-state index contributed by atoms with van der Waals surface area (Å²) in [5.74, 6) is 0.586. The lowest BCUT2D eigenvalue weighted by Crippen LogP contribution is -2.14. The quantitative estimate of drug-likeness (QED) is 0.669. The molecule has 0 aliphatic carbocycles. The van der Waals surface area contributed by atoms with E-state index in [1.54, 1.807) is 19.1 Å². The van der Waals surface area contributed by atoms with Gasteiger partial charge in [0.05, 0.1) is 0 Å². The number of carbonyl (C=O) groups is 1. The summed E-state index contributed by atoms with van der Waals surface area (Å²) in [5.41, 5.74) is 1.03. The Hall–Kier alpha value is -0.580. The molecule has 1 aromatic rings. The number of phenols is 1. The molecule has 0 aliphatic rings. The number of aromatic hydroxyl groups is 1. The third-order valence-electron chi connectivity index (χ3n) is 2.43. The van der Waals surface area contributed by atoms with Crippen molar-refractivity contribution in [2.24, 2.45) is 5.92 Å². The van der Waals surface area contributed by atoms with Crippen molar-refractivity contribution < 1.29 is 9.90 Å². The number of carbonyl (C=O) groups excluding carboxylic acids is 1. The van der Waals surface area contributed by atoms with Crippen molar-refractivity contribution in [3.05, 3.63) is 29.8 Å². The molecule has 1 unspecified atom stereocenters. The van der Waals surface area contributed by atoms with Gasteiger partial charge in [0.25, 0.3) is 0 Å². The minimum Gasteiger partial charge on any atom is -0.508 e. The van der Waals surface area contributed by atoms with Gasteiger partial charge >= 0.3 is 0 Å². The van der Waals surface area contributed by atoms with Gasteiger partial charge in [0.1, 0.15) is 11.5 Å². The molecule has 0 spiro atoms. The van der Waals surface area contributed by atoms with Gasteiger partial charge in [-0.1, -0.05) is 34.7 Å². The number of rotatable bonds is 5. The van der Waals surface area contributed by atoms with Gasteiger partial charge in [0.15, 0.2) is 0 Å². The van der Waals surface area contributed by atoms with Crippen molar-refractivity contribution in [1.29, 1.82) is 0 Å². The molecule has 2 nitrogen and oxygen atoms in total. The maximum Gasteiger partial charge on any atom is 0.133 e. The van der Waals surface area contributed by atoms with E-state index in [0.29, 0.717) is 0 Å². The first-order valence-corrected chi connectivity index (χ1v) is 6.50. The fourth-order valence-electron chi connectivity index (χ4n) is 1.55. The molecule has 0 bridgehead atoms. The molecule has 0 aliphatic heterocycles. The lowest BCUT2D eigenvalue weighted by Gasteiger charge is -2.12. The number of ketones is 1. The summed E-state index contributed by atoms with van der Waals surface area (Å²) in [6, 6.07) is 7.13. The first-order valence-electron chi connectivity index (χ1n) is 4.98. The van der Waals surface area contributed by atoms with Crippen molar-refractivity contribution in [2.75, 3.05) is 4.43 Å². The average Bonchev–Trinajstić information content (AvgIpc) is 2.17. The van der Waals surface area contributed by atoms with E-state index in [0.717, 1.165) is 22.8 Å². The number of Topliss-reactive ketones (excluding diaryl/α,β-unsaturated/α-hetero) is 1. The normalized spacial score (nSPS) is 12.4. The van der Waals surface area contributed by atoms with Crippen LogP contribution in [0, 0.1) is 5.92 Å². The largest absolute Gasteiger partial charge is 0.508 e. The maximum atomic E-state index is 11.4. The molecule has 0 amide bonds. The van der Waals surface area contributed by atoms with Gasteiger partial charge in [0.2, 0.25) is 0 Å². The zero-order chi connectivity index (χ0) is 11.3. The zero-order valence-electron chi connectivity index (χ0n) is 8.74. The molecule has 0 heterocycles. The van der Waals surface area contributed by atoms with Crippen molar-refractivity contribution >= 4 is 28.4 Å². The molecular formula is C12H15IO2. The van der Waals surface area contributed by atoms with Crippen LogP contribution in [0.25, 0.3) is 0 Å². The van der Waals surface area contributed by atoms with Gasteiger partial charge < -0.3 is 5.11 Å². The van der Waals surface area contributed by atoms with Crippen LogP contribution in [0.2, 0.25) is 0 Å². The molecule has 0 radical (unpaired) electrons. The molecule has 82 valence electrons. The minimum atomic E-state index is 0.0868. The van der Waals surface area contributed by atoms with Crippen LogP contribution < -0.4 is 0 Å². The van der Waals surface area contributed by atoms with Crippen LogP contribution in [-0.4, -0.2) is 15.3 Å². The molecule has 3 heteroatoms. The summed E-state index contributed by atoms with van der Waals surface area (Å²) in [5, 5.41) is 9.31. The van der Waals surface area contributed by atoms with E-state index in [4.69, 9.17) is 0 Å². The second-order valence-electron chi connectivity index (χ2n) is 3.66. The van der Waals surface area contributed by atoms with Crippen LogP contribution in [-0.2, 0) is 11.2 Å². The lowest BCUT2D eigenvalue weighted by molar-refractivity contribution is -0.120. The van der Waals surface area contributed by atoms with Gasteiger partial charge in [-0.15, -0.1) is 0 Å². The Morgan fingerprint density at radius 1 is 1.53 bits per heavy atom. The Labute approximate surface area is 104 Å². The van der Waals surface area contributed by atoms with Gasteiger partial charge in [-0.25, -0.2) is 0 Å². The minimum absolute atomic E-state index is 0.0868. The fourth-order valence-corrected chi connectivity index (χ4v) is 2.30. The van der Waals surface area contributed by atoms with Gasteiger partial charge in [-0.2, -0.15) is 0 Å². The van der Waals surface area contributed by atoms with Crippen LogP contribution in [0.15, 0.2) is 24.3 Å². The van der Waals surface area contributed by atoms with Crippen LogP contribution in [0.3, 0.4) is 0 Å². The molecule has 1 atom stereocenters. The SMILES string of the molecule is CC(=O)C(CCI)Cc1cccc(O)c1. The summed E-state index contributed by atoms with van der Waals surface area (Å²) in [7, 11) is 0. The molecule has 15 heavy (non-hydrogen) atoms. The predicted molar refractivity (Wildman–Crippen MR) is 69.5 cm³/mol. The van der Waals surface area contributed by atoms with Gasteiger partial charge in [-0.05, 0) is 37.5 Å². The Bertz CT molecular complexity index is 336. The maximum absolute atomic E-state index is 11.4. The van der Waals surface area contributed by atoms with Crippen LogP contribution in [0.4, 0.5) is 0 Å². The Morgan fingerprint density at radius 3 is 2.80 bits per heavy atom. The fraction of sp³-hybridized carbons (Fsp3) is 0.417.